The number of aliphatic hydroxyl groups excluding tert-OH is 1. The molecular formula is C13H17BrO2S. The van der Waals surface area contributed by atoms with E-state index >= 15 is 0 Å². The summed E-state index contributed by atoms with van der Waals surface area (Å²) in [6.07, 6.45) is -0.423. The van der Waals surface area contributed by atoms with Crippen LogP contribution in [0, 0.1) is 5.92 Å². The number of hydrogen-bond donors (Lipinski definition) is 1. The summed E-state index contributed by atoms with van der Waals surface area (Å²) in [7, 11) is 1.68. The molecule has 94 valence electrons. The molecule has 0 spiro atoms. The van der Waals surface area contributed by atoms with Crippen LogP contribution in [0.5, 0.6) is 5.75 Å². The van der Waals surface area contributed by atoms with Crippen molar-refractivity contribution in [3.05, 3.63) is 27.7 Å². The maximum Gasteiger partial charge on any atom is 0.123 e. The molecule has 1 heterocycles. The molecule has 2 unspecified atom stereocenters. The molecule has 0 amide bonds. The lowest BCUT2D eigenvalue weighted by atomic mass is 9.94. The van der Waals surface area contributed by atoms with E-state index in [0.717, 1.165) is 27.1 Å². The van der Waals surface area contributed by atoms with Crippen molar-refractivity contribution in [1.82, 2.24) is 0 Å². The first-order chi connectivity index (χ1) is 8.06. The fraction of sp³-hybridized carbons (Fsp3) is 0.538. The maximum absolute atomic E-state index is 10.5. The van der Waals surface area contributed by atoms with Gasteiger partial charge in [0.2, 0.25) is 0 Å². The number of fused-ring (bicyclic) bond motifs is 1. The summed E-state index contributed by atoms with van der Waals surface area (Å²) < 4.78 is 6.34. The quantitative estimate of drug-likeness (QED) is 0.900. The highest BCUT2D eigenvalue weighted by Gasteiger charge is 2.33. The summed E-state index contributed by atoms with van der Waals surface area (Å²) >= 11 is 5.35. The third-order valence-corrected chi connectivity index (χ3v) is 5.50. The zero-order valence-corrected chi connectivity index (χ0v) is 12.6. The third kappa shape index (κ3) is 2.35. The number of hydrogen-bond acceptors (Lipinski definition) is 3. The van der Waals surface area contributed by atoms with Crippen LogP contribution >= 0.6 is 27.7 Å². The topological polar surface area (TPSA) is 29.5 Å². The Bertz CT molecular complexity index is 420. The van der Waals surface area contributed by atoms with Crippen molar-refractivity contribution >= 4 is 27.7 Å². The maximum atomic E-state index is 10.5. The van der Waals surface area contributed by atoms with E-state index in [-0.39, 0.29) is 5.25 Å². The van der Waals surface area contributed by atoms with Gasteiger partial charge in [0.15, 0.2) is 0 Å². The van der Waals surface area contributed by atoms with Gasteiger partial charge in [-0.25, -0.2) is 0 Å². The summed E-state index contributed by atoms with van der Waals surface area (Å²) in [5, 5.41) is 10.7. The Morgan fingerprint density at radius 1 is 1.47 bits per heavy atom. The van der Waals surface area contributed by atoms with Crippen LogP contribution in [0.15, 0.2) is 16.6 Å². The average molecular weight is 317 g/mol. The molecule has 4 heteroatoms. The molecule has 0 saturated carbocycles. The van der Waals surface area contributed by atoms with Crippen molar-refractivity contribution in [2.75, 3.05) is 7.11 Å². The molecule has 0 aliphatic carbocycles. The van der Waals surface area contributed by atoms with Gasteiger partial charge in [0.25, 0.3) is 0 Å². The molecule has 1 aliphatic heterocycles. The summed E-state index contributed by atoms with van der Waals surface area (Å²) in [4.78, 5) is 0. The van der Waals surface area contributed by atoms with Crippen molar-refractivity contribution in [3.63, 3.8) is 0 Å². The highest BCUT2D eigenvalue weighted by molar-refractivity contribution is 9.10. The van der Waals surface area contributed by atoms with Crippen molar-refractivity contribution in [2.45, 2.75) is 31.0 Å². The zero-order valence-electron chi connectivity index (χ0n) is 10.2. The molecule has 0 bridgehead atoms. The van der Waals surface area contributed by atoms with E-state index in [1.54, 1.807) is 7.11 Å². The highest BCUT2D eigenvalue weighted by Crippen LogP contribution is 2.46. The molecular weight excluding hydrogens is 300 g/mol. The van der Waals surface area contributed by atoms with Crippen LogP contribution in [0.2, 0.25) is 0 Å². The Kier molecular flexibility index (Phi) is 4.06. The van der Waals surface area contributed by atoms with Crippen molar-refractivity contribution < 1.29 is 9.84 Å². The molecule has 1 N–H and O–H groups in total. The number of ether oxygens (including phenoxy) is 1. The van der Waals surface area contributed by atoms with Gasteiger partial charge in [-0.1, -0.05) is 29.8 Å². The Labute approximate surface area is 115 Å². The Morgan fingerprint density at radius 2 is 2.18 bits per heavy atom. The van der Waals surface area contributed by atoms with Crippen LogP contribution < -0.4 is 4.74 Å². The standard InChI is InChI=1S/C13H17BrO2S/c1-7(2)13-12(15)11-8(6-17-13)10(16-3)5-4-9(11)14/h4-5,7,12-13,15H,6H2,1-3H3. The molecule has 0 radical (unpaired) electrons. The third-order valence-electron chi connectivity index (χ3n) is 3.16. The predicted octanol–water partition coefficient (Wildman–Crippen LogP) is 3.76. The van der Waals surface area contributed by atoms with E-state index in [4.69, 9.17) is 4.74 Å². The summed E-state index contributed by atoms with van der Waals surface area (Å²) in [5.41, 5.74) is 2.12. The lowest BCUT2D eigenvalue weighted by Crippen LogP contribution is -2.26. The summed E-state index contributed by atoms with van der Waals surface area (Å²) in [6.45, 7) is 4.31. The van der Waals surface area contributed by atoms with Crippen LogP contribution in [-0.2, 0) is 5.75 Å². The van der Waals surface area contributed by atoms with Crippen LogP contribution in [0.25, 0.3) is 0 Å². The minimum absolute atomic E-state index is 0.255. The molecule has 0 saturated heterocycles. The second-order valence-electron chi connectivity index (χ2n) is 4.61. The van der Waals surface area contributed by atoms with E-state index in [0.29, 0.717) is 5.92 Å². The Morgan fingerprint density at radius 3 is 2.76 bits per heavy atom. The molecule has 0 fully saturated rings. The predicted molar refractivity (Wildman–Crippen MR) is 75.6 cm³/mol. The summed E-state index contributed by atoms with van der Waals surface area (Å²) in [5.74, 6) is 2.23. The second-order valence-corrected chi connectivity index (χ2v) is 6.63. The first-order valence-corrected chi connectivity index (χ1v) is 7.55. The largest absolute Gasteiger partial charge is 0.496 e. The average Bonchev–Trinajstić information content (AvgIpc) is 2.29. The van der Waals surface area contributed by atoms with Crippen molar-refractivity contribution in [3.8, 4) is 5.75 Å². The lowest BCUT2D eigenvalue weighted by molar-refractivity contribution is 0.154. The van der Waals surface area contributed by atoms with Crippen LogP contribution in [0.4, 0.5) is 0 Å². The number of benzene rings is 1. The molecule has 1 aliphatic rings. The minimum Gasteiger partial charge on any atom is -0.496 e. The highest BCUT2D eigenvalue weighted by atomic mass is 79.9. The fourth-order valence-corrected chi connectivity index (χ4v) is 4.23. The minimum atomic E-state index is -0.423. The first-order valence-electron chi connectivity index (χ1n) is 5.71. The Balaban J connectivity index is 2.48. The number of halogens is 1. The number of rotatable bonds is 2. The van der Waals surface area contributed by atoms with Crippen molar-refractivity contribution in [1.29, 1.82) is 0 Å². The fourth-order valence-electron chi connectivity index (χ4n) is 2.27. The van der Waals surface area contributed by atoms with Crippen LogP contribution in [-0.4, -0.2) is 17.5 Å². The molecule has 2 rings (SSSR count). The first kappa shape index (κ1) is 13.2. The zero-order chi connectivity index (χ0) is 12.6. The van der Waals surface area contributed by atoms with Crippen LogP contribution in [0.3, 0.4) is 0 Å². The van der Waals surface area contributed by atoms with Crippen molar-refractivity contribution in [2.24, 2.45) is 5.92 Å². The van der Waals surface area contributed by atoms with E-state index in [1.807, 2.05) is 23.9 Å². The van der Waals surface area contributed by atoms with Gasteiger partial charge < -0.3 is 9.84 Å². The monoisotopic (exact) mass is 316 g/mol. The number of methoxy groups -OCH3 is 1. The van der Waals surface area contributed by atoms with Gasteiger partial charge in [0.1, 0.15) is 5.75 Å². The Hall–Kier alpha value is -0.190. The van der Waals surface area contributed by atoms with Gasteiger partial charge in [0.05, 0.1) is 13.2 Å². The molecule has 2 atom stereocenters. The molecule has 1 aromatic carbocycles. The van der Waals surface area contributed by atoms with Gasteiger partial charge in [-0.15, -0.1) is 0 Å². The van der Waals surface area contributed by atoms with Crippen LogP contribution in [0.1, 0.15) is 31.1 Å². The van der Waals surface area contributed by atoms with E-state index in [9.17, 15) is 5.11 Å². The van der Waals surface area contributed by atoms with Gasteiger partial charge in [0, 0.05) is 26.6 Å². The van der Waals surface area contributed by atoms with E-state index in [1.165, 1.54) is 0 Å². The SMILES string of the molecule is COc1ccc(Br)c2c1CSC(C(C)C)C2O. The van der Waals surface area contributed by atoms with Gasteiger partial charge in [-0.3, -0.25) is 0 Å². The number of aliphatic hydroxyl groups is 1. The number of thioether (sulfide) groups is 1. The molecule has 0 aromatic heterocycles. The molecule has 1 aromatic rings. The van der Waals surface area contributed by atoms with E-state index < -0.39 is 6.10 Å². The molecule has 2 nitrogen and oxygen atoms in total. The normalized spacial score (nSPS) is 23.6. The summed E-state index contributed by atoms with van der Waals surface area (Å²) in [6, 6.07) is 3.90. The smallest absolute Gasteiger partial charge is 0.123 e. The van der Waals surface area contributed by atoms with Gasteiger partial charge in [-0.05, 0) is 18.1 Å². The van der Waals surface area contributed by atoms with E-state index in [2.05, 4.69) is 29.8 Å². The van der Waals surface area contributed by atoms with Gasteiger partial charge >= 0.3 is 0 Å². The molecule has 17 heavy (non-hydrogen) atoms. The second kappa shape index (κ2) is 5.21. The lowest BCUT2D eigenvalue weighted by Gasteiger charge is -2.33. The van der Waals surface area contributed by atoms with Gasteiger partial charge in [-0.2, -0.15) is 11.8 Å².